The molecular weight excluding hydrogens is 164 g/mol. The number of nitrogens with one attached hydrogen (secondary N) is 1. The third kappa shape index (κ3) is 2.22. The van der Waals surface area contributed by atoms with Crippen LogP contribution in [0.4, 0.5) is 0 Å². The van der Waals surface area contributed by atoms with Crippen LogP contribution in [0.5, 0.6) is 0 Å². The fraction of sp³-hybridized carbons (Fsp3) is 1.00. The molecule has 1 unspecified atom stereocenters. The number of hydrogen-bond acceptors (Lipinski definition) is 3. The van der Waals surface area contributed by atoms with E-state index in [1.165, 1.54) is 25.9 Å². The average Bonchev–Trinajstić information content (AvgIpc) is 2.52. The molecule has 1 N–H and O–H groups in total. The molecule has 2 saturated heterocycles. The number of likely N-dealkylation sites (N-methyl/N-ethyl adjacent to an activating group) is 1. The maximum atomic E-state index is 5.64. The van der Waals surface area contributed by atoms with Gasteiger partial charge in [-0.05, 0) is 19.4 Å². The van der Waals surface area contributed by atoms with Crippen molar-refractivity contribution in [2.75, 3.05) is 32.8 Å². The van der Waals surface area contributed by atoms with Crippen LogP contribution in [0.25, 0.3) is 0 Å². The van der Waals surface area contributed by atoms with Crippen molar-refractivity contribution in [3.8, 4) is 0 Å². The molecule has 0 radical (unpaired) electrons. The van der Waals surface area contributed by atoms with Gasteiger partial charge in [-0.15, -0.1) is 0 Å². The zero-order valence-electron chi connectivity index (χ0n) is 8.46. The van der Waals surface area contributed by atoms with Crippen molar-refractivity contribution in [1.29, 1.82) is 0 Å². The predicted molar refractivity (Wildman–Crippen MR) is 52.9 cm³/mol. The predicted octanol–water partition coefficient (Wildman–Crippen LogP) is 0.459. The Hall–Kier alpha value is -0.120. The summed E-state index contributed by atoms with van der Waals surface area (Å²) in [5.74, 6) is 0. The Morgan fingerprint density at radius 3 is 2.77 bits per heavy atom. The first kappa shape index (κ1) is 9.44. The molecule has 0 bridgehead atoms. The van der Waals surface area contributed by atoms with E-state index in [1.54, 1.807) is 0 Å². The van der Waals surface area contributed by atoms with E-state index in [4.69, 9.17) is 4.74 Å². The number of nitrogens with zero attached hydrogens (tertiary/aromatic N) is 1. The molecule has 0 aromatic carbocycles. The molecule has 2 fully saturated rings. The van der Waals surface area contributed by atoms with Gasteiger partial charge in [0, 0.05) is 32.3 Å². The Labute approximate surface area is 80.4 Å². The number of hydrogen-bond donors (Lipinski definition) is 1. The molecule has 3 nitrogen and oxygen atoms in total. The van der Waals surface area contributed by atoms with Crippen LogP contribution in [0.2, 0.25) is 0 Å². The van der Waals surface area contributed by atoms with Crippen LogP contribution in [-0.2, 0) is 4.74 Å². The highest BCUT2D eigenvalue weighted by atomic mass is 16.5. The van der Waals surface area contributed by atoms with Gasteiger partial charge in [-0.3, -0.25) is 4.90 Å². The minimum atomic E-state index is 0.514. The van der Waals surface area contributed by atoms with Gasteiger partial charge in [-0.2, -0.15) is 0 Å². The Kier molecular flexibility index (Phi) is 3.19. The summed E-state index contributed by atoms with van der Waals surface area (Å²) in [5, 5.41) is 3.32. The average molecular weight is 184 g/mol. The largest absolute Gasteiger partial charge is 0.377 e. The fourth-order valence-corrected chi connectivity index (χ4v) is 2.12. The highest BCUT2D eigenvalue weighted by Gasteiger charge is 2.26. The highest BCUT2D eigenvalue weighted by Crippen LogP contribution is 2.15. The van der Waals surface area contributed by atoms with Crippen LogP contribution in [-0.4, -0.2) is 49.8 Å². The maximum Gasteiger partial charge on any atom is 0.0702 e. The SMILES string of the molecule is CCN(CC1CCCO1)C1CNC1. The third-order valence-corrected chi connectivity index (χ3v) is 3.14. The Morgan fingerprint density at radius 2 is 2.31 bits per heavy atom. The summed E-state index contributed by atoms with van der Waals surface area (Å²) in [6, 6.07) is 0.772. The van der Waals surface area contributed by atoms with E-state index in [9.17, 15) is 0 Å². The molecule has 2 aliphatic rings. The van der Waals surface area contributed by atoms with Crippen molar-refractivity contribution in [2.24, 2.45) is 0 Å². The molecule has 1 atom stereocenters. The van der Waals surface area contributed by atoms with E-state index in [0.717, 1.165) is 25.7 Å². The summed E-state index contributed by atoms with van der Waals surface area (Å²) in [4.78, 5) is 2.55. The smallest absolute Gasteiger partial charge is 0.0702 e. The number of ether oxygens (including phenoxy) is 1. The van der Waals surface area contributed by atoms with Crippen molar-refractivity contribution in [1.82, 2.24) is 10.2 Å². The van der Waals surface area contributed by atoms with E-state index < -0.39 is 0 Å². The molecule has 0 aromatic rings. The minimum Gasteiger partial charge on any atom is -0.377 e. The van der Waals surface area contributed by atoms with E-state index in [0.29, 0.717) is 6.10 Å². The van der Waals surface area contributed by atoms with Crippen molar-refractivity contribution in [2.45, 2.75) is 31.9 Å². The normalized spacial score (nSPS) is 29.5. The van der Waals surface area contributed by atoms with Crippen LogP contribution >= 0.6 is 0 Å². The second kappa shape index (κ2) is 4.40. The second-order valence-electron chi connectivity index (χ2n) is 4.03. The monoisotopic (exact) mass is 184 g/mol. The molecule has 76 valence electrons. The van der Waals surface area contributed by atoms with Crippen LogP contribution in [0.1, 0.15) is 19.8 Å². The van der Waals surface area contributed by atoms with E-state index in [1.807, 2.05) is 0 Å². The molecule has 2 rings (SSSR count). The lowest BCUT2D eigenvalue weighted by Gasteiger charge is -2.38. The summed E-state index contributed by atoms with van der Waals surface area (Å²) in [5.41, 5.74) is 0. The fourth-order valence-electron chi connectivity index (χ4n) is 2.12. The quantitative estimate of drug-likeness (QED) is 0.687. The standard InChI is InChI=1S/C10H20N2O/c1-2-12(9-6-11-7-9)8-10-4-3-5-13-10/h9-11H,2-8H2,1H3. The summed E-state index contributed by atoms with van der Waals surface area (Å²) in [6.45, 7) is 7.86. The van der Waals surface area contributed by atoms with Crippen LogP contribution in [0.3, 0.4) is 0 Å². The Bertz CT molecular complexity index is 153. The molecule has 0 aromatic heterocycles. The lowest BCUT2D eigenvalue weighted by Crippen LogP contribution is -2.58. The molecule has 0 saturated carbocycles. The first-order valence-corrected chi connectivity index (χ1v) is 5.46. The zero-order chi connectivity index (χ0) is 9.10. The summed E-state index contributed by atoms with van der Waals surface area (Å²) in [6.07, 6.45) is 3.03. The molecule has 0 spiro atoms. The van der Waals surface area contributed by atoms with Gasteiger partial charge in [0.2, 0.25) is 0 Å². The first-order chi connectivity index (χ1) is 6.40. The highest BCUT2D eigenvalue weighted by molar-refractivity contribution is 4.85. The van der Waals surface area contributed by atoms with Crippen LogP contribution < -0.4 is 5.32 Å². The van der Waals surface area contributed by atoms with Crippen molar-refractivity contribution >= 4 is 0 Å². The van der Waals surface area contributed by atoms with Gasteiger partial charge in [-0.25, -0.2) is 0 Å². The van der Waals surface area contributed by atoms with Gasteiger partial charge < -0.3 is 10.1 Å². The first-order valence-electron chi connectivity index (χ1n) is 5.46. The van der Waals surface area contributed by atoms with E-state index in [2.05, 4.69) is 17.1 Å². The molecule has 2 heterocycles. The Morgan fingerprint density at radius 1 is 1.46 bits per heavy atom. The third-order valence-electron chi connectivity index (χ3n) is 3.14. The maximum absolute atomic E-state index is 5.64. The minimum absolute atomic E-state index is 0.514. The lowest BCUT2D eigenvalue weighted by molar-refractivity contribution is 0.0478. The lowest BCUT2D eigenvalue weighted by atomic mass is 10.1. The van der Waals surface area contributed by atoms with Crippen LogP contribution in [0.15, 0.2) is 0 Å². The Balaban J connectivity index is 1.75. The van der Waals surface area contributed by atoms with Gasteiger partial charge in [0.25, 0.3) is 0 Å². The van der Waals surface area contributed by atoms with Gasteiger partial charge in [0.05, 0.1) is 6.10 Å². The summed E-state index contributed by atoms with van der Waals surface area (Å²) in [7, 11) is 0. The topological polar surface area (TPSA) is 24.5 Å². The van der Waals surface area contributed by atoms with Gasteiger partial charge >= 0.3 is 0 Å². The summed E-state index contributed by atoms with van der Waals surface area (Å²) < 4.78 is 5.64. The van der Waals surface area contributed by atoms with E-state index >= 15 is 0 Å². The zero-order valence-corrected chi connectivity index (χ0v) is 8.46. The second-order valence-corrected chi connectivity index (χ2v) is 4.03. The van der Waals surface area contributed by atoms with Gasteiger partial charge in [-0.1, -0.05) is 6.92 Å². The molecule has 13 heavy (non-hydrogen) atoms. The van der Waals surface area contributed by atoms with Crippen LogP contribution in [0, 0.1) is 0 Å². The number of rotatable bonds is 4. The van der Waals surface area contributed by atoms with E-state index in [-0.39, 0.29) is 0 Å². The molecule has 0 aliphatic carbocycles. The van der Waals surface area contributed by atoms with Gasteiger partial charge in [0.15, 0.2) is 0 Å². The van der Waals surface area contributed by atoms with Crippen molar-refractivity contribution < 1.29 is 4.74 Å². The van der Waals surface area contributed by atoms with Crippen molar-refractivity contribution in [3.05, 3.63) is 0 Å². The van der Waals surface area contributed by atoms with Gasteiger partial charge in [0.1, 0.15) is 0 Å². The van der Waals surface area contributed by atoms with Crippen molar-refractivity contribution in [3.63, 3.8) is 0 Å². The summed E-state index contributed by atoms with van der Waals surface area (Å²) >= 11 is 0. The molecular formula is C10H20N2O. The molecule has 0 amide bonds. The molecule has 2 aliphatic heterocycles. The molecule has 3 heteroatoms.